The third-order valence-corrected chi connectivity index (χ3v) is 7.64. The van der Waals surface area contributed by atoms with E-state index in [1.54, 1.807) is 17.7 Å². The predicted molar refractivity (Wildman–Crippen MR) is 121 cm³/mol. The van der Waals surface area contributed by atoms with Crippen molar-refractivity contribution in [2.75, 3.05) is 6.54 Å². The van der Waals surface area contributed by atoms with Crippen molar-refractivity contribution in [3.8, 4) is 11.1 Å². The minimum atomic E-state index is -5.19. The van der Waals surface area contributed by atoms with Crippen LogP contribution in [0.2, 0.25) is 0 Å². The molecule has 4 rings (SSSR count). The topological polar surface area (TPSA) is 69.6 Å². The summed E-state index contributed by atoms with van der Waals surface area (Å²) < 4.78 is 96.8. The number of aryl methyl sites for hydroxylation is 1. The van der Waals surface area contributed by atoms with Gasteiger partial charge in [-0.25, -0.2) is 22.1 Å². The number of hydrogen-bond donors (Lipinski definition) is 2. The maximum Gasteiger partial charge on any atom is 0.485 e. The van der Waals surface area contributed by atoms with Gasteiger partial charge in [0.05, 0.1) is 18.6 Å². The molecule has 2 N–H and O–H groups in total. The number of nitrogens with zero attached hydrogens (tertiary/aromatic N) is 1. The molecule has 2 fully saturated rings. The van der Waals surface area contributed by atoms with Crippen LogP contribution in [0.1, 0.15) is 30.4 Å². The van der Waals surface area contributed by atoms with E-state index in [1.807, 2.05) is 0 Å². The first kappa shape index (κ1) is 26.6. The third-order valence-electron chi connectivity index (χ3n) is 6.73. The maximum absolute atomic E-state index is 15.6. The second-order valence-electron chi connectivity index (χ2n) is 9.28. The molecule has 1 saturated carbocycles. The Balaban J connectivity index is 1.70. The van der Waals surface area contributed by atoms with Gasteiger partial charge in [0.1, 0.15) is 23.4 Å². The molecule has 196 valence electrons. The molecule has 4 unspecified atom stereocenters. The third kappa shape index (κ3) is 5.16. The van der Waals surface area contributed by atoms with Crippen LogP contribution in [0, 0.1) is 18.6 Å². The molecule has 12 heteroatoms. The Morgan fingerprint density at radius 1 is 1.22 bits per heavy atom. The Hall–Kier alpha value is -2.44. The van der Waals surface area contributed by atoms with E-state index in [1.165, 1.54) is 24.3 Å². The van der Waals surface area contributed by atoms with E-state index < -0.39 is 70.9 Å². The van der Waals surface area contributed by atoms with Gasteiger partial charge in [0, 0.05) is 5.56 Å². The smallest absolute Gasteiger partial charge is 0.380 e. The van der Waals surface area contributed by atoms with Crippen molar-refractivity contribution in [2.45, 2.75) is 62.0 Å². The summed E-state index contributed by atoms with van der Waals surface area (Å²) in [6.07, 6.45) is -1.71. The van der Waals surface area contributed by atoms with Crippen LogP contribution in [0.4, 0.5) is 26.3 Å². The highest BCUT2D eigenvalue weighted by Gasteiger charge is 2.53. The van der Waals surface area contributed by atoms with Crippen molar-refractivity contribution in [3.63, 3.8) is 0 Å². The van der Waals surface area contributed by atoms with E-state index in [0.29, 0.717) is 12.0 Å². The lowest BCUT2D eigenvalue weighted by Crippen LogP contribution is -2.57. The number of alkyl halides is 4. The van der Waals surface area contributed by atoms with Crippen LogP contribution in [0.25, 0.3) is 11.1 Å². The standard InChI is InChI=1S/C24H24F6N2O3S/c1-13-8-15(10-16(25)9-13)17-5-2-4-14(20(17)27)11-19-21(31-36(35)24(28,29)30)18(26)12-32(19)22(33)23(34)6-3-7-23/h2,4-5,8-10,18-19,21,31,34H,3,6-7,11-12H2,1H3. The number of halogens is 6. The molecule has 36 heavy (non-hydrogen) atoms. The number of nitrogens with one attached hydrogen (secondary N) is 1. The lowest BCUT2D eigenvalue weighted by atomic mass is 9.79. The molecule has 1 aliphatic carbocycles. The number of rotatable bonds is 6. The van der Waals surface area contributed by atoms with Gasteiger partial charge in [-0.05, 0) is 61.4 Å². The molecule has 2 aromatic carbocycles. The van der Waals surface area contributed by atoms with Gasteiger partial charge in [-0.2, -0.15) is 13.2 Å². The second-order valence-corrected chi connectivity index (χ2v) is 10.5. The van der Waals surface area contributed by atoms with E-state index >= 15 is 4.39 Å². The van der Waals surface area contributed by atoms with Crippen molar-refractivity contribution in [2.24, 2.45) is 0 Å². The zero-order valence-electron chi connectivity index (χ0n) is 19.1. The van der Waals surface area contributed by atoms with Crippen molar-refractivity contribution in [1.29, 1.82) is 0 Å². The summed E-state index contributed by atoms with van der Waals surface area (Å²) >= 11 is 0. The first-order valence-electron chi connectivity index (χ1n) is 11.3. The van der Waals surface area contributed by atoms with Crippen LogP contribution in [0.15, 0.2) is 36.4 Å². The molecule has 5 nitrogen and oxygen atoms in total. The summed E-state index contributed by atoms with van der Waals surface area (Å²) in [6, 6.07) is 5.01. The van der Waals surface area contributed by atoms with Crippen LogP contribution in [-0.4, -0.2) is 56.0 Å². The van der Waals surface area contributed by atoms with Gasteiger partial charge in [0.15, 0.2) is 11.0 Å². The second kappa shape index (κ2) is 9.79. The molecule has 2 aliphatic rings. The van der Waals surface area contributed by atoms with Crippen molar-refractivity contribution in [3.05, 3.63) is 59.2 Å². The summed E-state index contributed by atoms with van der Waals surface area (Å²) in [4.78, 5) is 13.9. The zero-order chi connectivity index (χ0) is 26.4. The highest BCUT2D eigenvalue weighted by atomic mass is 32.2. The van der Waals surface area contributed by atoms with Crippen molar-refractivity contribution < 1.29 is 40.5 Å². The normalized spacial score (nSPS) is 24.4. The molecule has 0 aromatic heterocycles. The van der Waals surface area contributed by atoms with Crippen LogP contribution in [-0.2, 0) is 22.2 Å². The summed E-state index contributed by atoms with van der Waals surface area (Å²) in [7, 11) is -3.63. The van der Waals surface area contributed by atoms with Gasteiger partial charge in [0.25, 0.3) is 5.91 Å². The van der Waals surface area contributed by atoms with E-state index in [4.69, 9.17) is 0 Å². The highest BCUT2D eigenvalue weighted by Crippen LogP contribution is 2.38. The minimum Gasteiger partial charge on any atom is -0.380 e. The van der Waals surface area contributed by atoms with E-state index in [0.717, 1.165) is 11.0 Å². The lowest BCUT2D eigenvalue weighted by Gasteiger charge is -2.40. The fourth-order valence-electron chi connectivity index (χ4n) is 4.76. The number of carbonyl (C=O) groups excluding carboxylic acids is 1. The van der Waals surface area contributed by atoms with Crippen LogP contribution in [0.3, 0.4) is 0 Å². The maximum atomic E-state index is 15.6. The predicted octanol–water partition coefficient (Wildman–Crippen LogP) is 4.09. The van der Waals surface area contributed by atoms with Gasteiger partial charge >= 0.3 is 5.51 Å². The number of hydrogen-bond acceptors (Lipinski definition) is 3. The summed E-state index contributed by atoms with van der Waals surface area (Å²) in [5, 5.41) is 10.5. The Morgan fingerprint density at radius 3 is 2.50 bits per heavy atom. The molecule has 4 atom stereocenters. The van der Waals surface area contributed by atoms with E-state index in [-0.39, 0.29) is 29.5 Å². The van der Waals surface area contributed by atoms with Gasteiger partial charge in [-0.1, -0.05) is 24.3 Å². The van der Waals surface area contributed by atoms with Gasteiger partial charge < -0.3 is 10.0 Å². The molecule has 2 aromatic rings. The summed E-state index contributed by atoms with van der Waals surface area (Å²) in [6.45, 7) is 0.975. The Bertz CT molecular complexity index is 1170. The van der Waals surface area contributed by atoms with Gasteiger partial charge in [0.2, 0.25) is 0 Å². The number of carbonyl (C=O) groups is 1. The molecule has 1 saturated heterocycles. The van der Waals surface area contributed by atoms with Gasteiger partial charge in [-0.3, -0.25) is 4.79 Å². The van der Waals surface area contributed by atoms with Crippen LogP contribution >= 0.6 is 0 Å². The fraction of sp³-hybridized carbons (Fsp3) is 0.458. The SMILES string of the molecule is Cc1cc(F)cc(-c2cccc(CC3C(NS(=O)C(F)(F)F)C(F)CN3C(=O)C3(O)CCC3)c2F)c1. The highest BCUT2D eigenvalue weighted by molar-refractivity contribution is 7.83. The molecule has 0 bridgehead atoms. The average Bonchev–Trinajstić information content (AvgIpc) is 3.06. The fourth-order valence-corrected chi connectivity index (χ4v) is 5.44. The number of aliphatic hydroxyl groups is 1. The zero-order valence-corrected chi connectivity index (χ0v) is 19.9. The monoisotopic (exact) mass is 534 g/mol. The molecular formula is C24H24F6N2O3S. The Labute approximate surface area is 206 Å². The minimum absolute atomic E-state index is 0.0174. The Morgan fingerprint density at radius 2 is 1.92 bits per heavy atom. The van der Waals surface area contributed by atoms with Gasteiger partial charge in [-0.15, -0.1) is 0 Å². The lowest BCUT2D eigenvalue weighted by molar-refractivity contribution is -0.161. The number of likely N-dealkylation sites (tertiary alicyclic amines) is 1. The molecule has 0 spiro atoms. The molecule has 0 radical (unpaired) electrons. The quantitative estimate of drug-likeness (QED) is 0.549. The number of amides is 1. The van der Waals surface area contributed by atoms with Crippen molar-refractivity contribution in [1.82, 2.24) is 9.62 Å². The van der Waals surface area contributed by atoms with E-state index in [2.05, 4.69) is 0 Å². The average molecular weight is 535 g/mol. The molecule has 1 amide bonds. The van der Waals surface area contributed by atoms with E-state index in [9.17, 15) is 36.1 Å². The van der Waals surface area contributed by atoms with Crippen molar-refractivity contribution >= 4 is 16.9 Å². The van der Waals surface area contributed by atoms with Crippen LogP contribution in [0.5, 0.6) is 0 Å². The molecule has 1 aliphatic heterocycles. The first-order chi connectivity index (χ1) is 16.8. The first-order valence-corrected chi connectivity index (χ1v) is 12.4. The van der Waals surface area contributed by atoms with Crippen LogP contribution < -0.4 is 4.72 Å². The Kier molecular flexibility index (Phi) is 7.24. The largest absolute Gasteiger partial charge is 0.485 e. The number of benzene rings is 2. The molecule has 1 heterocycles. The summed E-state index contributed by atoms with van der Waals surface area (Å²) in [5.74, 6) is -2.26. The molecular weight excluding hydrogens is 510 g/mol. The summed E-state index contributed by atoms with van der Waals surface area (Å²) in [5.41, 5.74) is -6.23.